The van der Waals surface area contributed by atoms with Gasteiger partial charge in [-0.25, -0.2) is 0 Å². The van der Waals surface area contributed by atoms with E-state index < -0.39 is 0 Å². The van der Waals surface area contributed by atoms with Crippen LogP contribution in [0.4, 0.5) is 0 Å². The van der Waals surface area contributed by atoms with Crippen LogP contribution in [0, 0.1) is 0 Å². The monoisotopic (exact) mass is 361 g/mol. The molecule has 0 spiro atoms. The number of hydrogen-bond acceptors (Lipinski definition) is 3. The lowest BCUT2D eigenvalue weighted by atomic mass is 10.0. The third-order valence-corrected chi connectivity index (χ3v) is 4.81. The summed E-state index contributed by atoms with van der Waals surface area (Å²) in [5.74, 6) is 6.38. The Labute approximate surface area is 160 Å². The van der Waals surface area contributed by atoms with Crippen LogP contribution in [-0.4, -0.2) is 12.4 Å². The van der Waals surface area contributed by atoms with Gasteiger partial charge in [-0.1, -0.05) is 84.0 Å². The fourth-order valence-corrected chi connectivity index (χ4v) is 3.11. The lowest BCUT2D eigenvalue weighted by molar-refractivity contribution is 0.304. The van der Waals surface area contributed by atoms with Gasteiger partial charge in [0.25, 0.3) is 0 Å². The van der Waals surface area contributed by atoms with Crippen molar-refractivity contribution in [1.82, 2.24) is 0 Å². The largest absolute Gasteiger partial charge is 0.494 e. The van der Waals surface area contributed by atoms with Crippen molar-refractivity contribution in [2.45, 2.75) is 90.4 Å². The number of hydrogen-bond donors (Lipinski definition) is 2. The molecule has 0 aliphatic heterocycles. The molecule has 0 aliphatic carbocycles. The molecule has 0 aliphatic rings. The first kappa shape index (κ1) is 22.3. The summed E-state index contributed by atoms with van der Waals surface area (Å²) in [5.41, 5.74) is 6.48. The normalized spacial score (nSPS) is 11.7. The molecule has 4 N–H and O–H groups in total. The third kappa shape index (κ3) is 11.0. The van der Waals surface area contributed by atoms with Gasteiger partial charge in [0.2, 0.25) is 0 Å². The van der Waals surface area contributed by atoms with Crippen LogP contribution < -0.4 is 16.3 Å². The molecular weight excluding hydrogens is 322 g/mol. The predicted molar refractivity (Wildman–Crippen MR) is 113 cm³/mol. The Balaban J connectivity index is 1.89. The fourth-order valence-electron chi connectivity index (χ4n) is 3.11. The molecular formula is C22H39N3O. The van der Waals surface area contributed by atoms with E-state index in [0.717, 1.165) is 24.3 Å². The first-order valence-electron chi connectivity index (χ1n) is 10.5. The quantitative estimate of drug-likeness (QED) is 0.130. The van der Waals surface area contributed by atoms with Crippen LogP contribution in [0.3, 0.4) is 0 Å². The molecule has 0 unspecified atom stereocenters. The van der Waals surface area contributed by atoms with E-state index in [1.807, 2.05) is 24.3 Å². The number of rotatable bonds is 16. The van der Waals surface area contributed by atoms with Crippen molar-refractivity contribution in [3.05, 3.63) is 29.8 Å². The lowest BCUT2D eigenvalue weighted by Crippen LogP contribution is -2.15. The summed E-state index contributed by atoms with van der Waals surface area (Å²) in [7, 11) is 0. The Morgan fingerprint density at radius 1 is 0.769 bits per heavy atom. The molecule has 26 heavy (non-hydrogen) atoms. The van der Waals surface area contributed by atoms with E-state index in [4.69, 9.17) is 16.3 Å². The number of nitrogens with two attached hydrogens (primary N) is 2. The van der Waals surface area contributed by atoms with Gasteiger partial charge in [-0.05, 0) is 30.7 Å². The summed E-state index contributed by atoms with van der Waals surface area (Å²) >= 11 is 0. The van der Waals surface area contributed by atoms with Crippen LogP contribution >= 0.6 is 0 Å². The average molecular weight is 362 g/mol. The van der Waals surface area contributed by atoms with E-state index in [0.29, 0.717) is 5.84 Å². The Kier molecular flexibility index (Phi) is 13.3. The van der Waals surface area contributed by atoms with Crippen LogP contribution in [-0.2, 0) is 0 Å². The van der Waals surface area contributed by atoms with Gasteiger partial charge in [-0.3, -0.25) is 0 Å². The van der Waals surface area contributed by atoms with Gasteiger partial charge < -0.3 is 16.3 Å². The minimum absolute atomic E-state index is 0.341. The molecule has 0 saturated heterocycles. The Morgan fingerprint density at radius 2 is 1.23 bits per heavy atom. The van der Waals surface area contributed by atoms with Gasteiger partial charge >= 0.3 is 0 Å². The SMILES string of the molecule is CCCCCCCCCCCCCCCOc1ccc(C(N)=NN)cc1. The smallest absolute Gasteiger partial charge is 0.150 e. The molecule has 148 valence electrons. The number of ether oxygens (including phenoxy) is 1. The van der Waals surface area contributed by atoms with Crippen molar-refractivity contribution < 1.29 is 4.74 Å². The Morgan fingerprint density at radius 3 is 1.69 bits per heavy atom. The maximum atomic E-state index is 5.76. The van der Waals surface area contributed by atoms with Crippen molar-refractivity contribution >= 4 is 5.84 Å². The second-order valence-electron chi connectivity index (χ2n) is 7.13. The number of hydrazone groups is 1. The molecule has 0 bridgehead atoms. The van der Waals surface area contributed by atoms with Crippen molar-refractivity contribution in [2.24, 2.45) is 16.7 Å². The second-order valence-corrected chi connectivity index (χ2v) is 7.13. The molecule has 0 saturated carbocycles. The highest BCUT2D eigenvalue weighted by Gasteiger charge is 1.99. The highest BCUT2D eigenvalue weighted by molar-refractivity contribution is 5.97. The first-order chi connectivity index (χ1) is 12.8. The molecule has 0 aromatic heterocycles. The van der Waals surface area contributed by atoms with Gasteiger partial charge in [0.05, 0.1) is 6.61 Å². The standard InChI is InChI=1S/C22H39N3O/c1-2-3-4-5-6-7-8-9-10-11-12-13-14-19-26-21-17-15-20(16-18-21)22(23)25-24/h15-18H,2-14,19,24H2,1H3,(H2,23,25). The summed E-state index contributed by atoms with van der Waals surface area (Å²) in [4.78, 5) is 0. The average Bonchev–Trinajstić information content (AvgIpc) is 2.68. The number of nitrogens with zero attached hydrogens (tertiary/aromatic N) is 1. The molecule has 4 nitrogen and oxygen atoms in total. The maximum absolute atomic E-state index is 5.76. The summed E-state index contributed by atoms with van der Waals surface area (Å²) in [6, 6.07) is 7.58. The van der Waals surface area contributed by atoms with E-state index in [-0.39, 0.29) is 0 Å². The summed E-state index contributed by atoms with van der Waals surface area (Å²) in [5, 5.41) is 3.48. The van der Waals surface area contributed by atoms with Crippen LogP contribution in [0.2, 0.25) is 0 Å². The minimum Gasteiger partial charge on any atom is -0.494 e. The lowest BCUT2D eigenvalue weighted by Gasteiger charge is -2.07. The van der Waals surface area contributed by atoms with Crippen molar-refractivity contribution in [3.8, 4) is 5.75 Å². The second kappa shape index (κ2) is 15.5. The van der Waals surface area contributed by atoms with Crippen LogP contribution in [0.5, 0.6) is 5.75 Å². The number of unbranched alkanes of at least 4 members (excludes halogenated alkanes) is 12. The maximum Gasteiger partial charge on any atom is 0.150 e. The number of benzene rings is 1. The molecule has 0 radical (unpaired) electrons. The molecule has 1 aromatic rings. The highest BCUT2D eigenvalue weighted by atomic mass is 16.5. The van der Waals surface area contributed by atoms with E-state index in [1.165, 1.54) is 77.0 Å². The van der Waals surface area contributed by atoms with Crippen molar-refractivity contribution in [3.63, 3.8) is 0 Å². The van der Waals surface area contributed by atoms with Crippen LogP contribution in [0.1, 0.15) is 96.0 Å². The van der Waals surface area contributed by atoms with E-state index >= 15 is 0 Å². The van der Waals surface area contributed by atoms with Crippen LogP contribution in [0.25, 0.3) is 0 Å². The zero-order chi connectivity index (χ0) is 18.9. The summed E-state index contributed by atoms with van der Waals surface area (Å²) < 4.78 is 5.76. The highest BCUT2D eigenvalue weighted by Crippen LogP contribution is 2.14. The molecule has 4 heteroatoms. The van der Waals surface area contributed by atoms with Crippen molar-refractivity contribution in [1.29, 1.82) is 0 Å². The molecule has 1 rings (SSSR count). The molecule has 0 atom stereocenters. The van der Waals surface area contributed by atoms with Crippen molar-refractivity contribution in [2.75, 3.05) is 6.61 Å². The zero-order valence-corrected chi connectivity index (χ0v) is 16.7. The van der Waals surface area contributed by atoms with E-state index in [2.05, 4.69) is 12.0 Å². The topological polar surface area (TPSA) is 73.6 Å². The number of amidine groups is 1. The third-order valence-electron chi connectivity index (χ3n) is 4.81. The van der Waals surface area contributed by atoms with Gasteiger partial charge in [0.15, 0.2) is 0 Å². The van der Waals surface area contributed by atoms with E-state index in [9.17, 15) is 0 Å². The molecule has 0 heterocycles. The summed E-state index contributed by atoms with van der Waals surface area (Å²) in [6.07, 6.45) is 17.8. The Bertz CT molecular complexity index is 471. The predicted octanol–water partition coefficient (Wildman–Crippen LogP) is 5.74. The van der Waals surface area contributed by atoms with Crippen LogP contribution in [0.15, 0.2) is 29.4 Å². The fraction of sp³-hybridized carbons (Fsp3) is 0.682. The van der Waals surface area contributed by atoms with Gasteiger partial charge in [0, 0.05) is 5.56 Å². The van der Waals surface area contributed by atoms with Gasteiger partial charge in [0.1, 0.15) is 11.6 Å². The zero-order valence-electron chi connectivity index (χ0n) is 16.7. The molecule has 0 fully saturated rings. The van der Waals surface area contributed by atoms with Gasteiger partial charge in [-0.2, -0.15) is 5.10 Å². The molecule has 0 amide bonds. The Hall–Kier alpha value is -1.71. The van der Waals surface area contributed by atoms with E-state index in [1.54, 1.807) is 0 Å². The summed E-state index contributed by atoms with van der Waals surface area (Å²) in [6.45, 7) is 3.05. The molecule has 1 aromatic carbocycles. The first-order valence-corrected chi connectivity index (χ1v) is 10.5. The minimum atomic E-state index is 0.341. The van der Waals surface area contributed by atoms with Gasteiger partial charge in [-0.15, -0.1) is 0 Å².